The van der Waals surface area contributed by atoms with Crippen molar-refractivity contribution in [1.29, 1.82) is 0 Å². The van der Waals surface area contributed by atoms with Gasteiger partial charge in [0.1, 0.15) is 11.6 Å². The Balaban J connectivity index is 1.33. The van der Waals surface area contributed by atoms with E-state index in [-0.39, 0.29) is 5.92 Å². The third-order valence-corrected chi connectivity index (χ3v) is 6.17. The summed E-state index contributed by atoms with van der Waals surface area (Å²) < 4.78 is 0. The standard InChI is InChI=1S/C20H21N9S/c1-13-7-8-21-18(10-13)24-17-6-2-5-15(23-17)16-11-22-20(30-16)29-9-3-4-14(12-29)19-25-27-28-26-19/h2,5-8,10-11,14H,3-4,9,12H2,1H3,(H,21,23,24)(H,25,26,27,28)/t14-/m1/s1. The van der Waals surface area contributed by atoms with Crippen LogP contribution in [0.1, 0.15) is 30.1 Å². The predicted molar refractivity (Wildman–Crippen MR) is 116 cm³/mol. The van der Waals surface area contributed by atoms with Crippen molar-refractivity contribution < 1.29 is 0 Å². The summed E-state index contributed by atoms with van der Waals surface area (Å²) in [7, 11) is 0. The molecule has 0 spiro atoms. The Morgan fingerprint density at radius 1 is 1.20 bits per heavy atom. The van der Waals surface area contributed by atoms with Gasteiger partial charge in [-0.15, -0.1) is 10.2 Å². The second kappa shape index (κ2) is 8.15. The number of H-pyrrole nitrogens is 1. The van der Waals surface area contributed by atoms with Gasteiger partial charge in [0.15, 0.2) is 11.0 Å². The van der Waals surface area contributed by atoms with Crippen LogP contribution in [0.2, 0.25) is 0 Å². The third-order valence-electron chi connectivity index (χ3n) is 5.09. The maximum atomic E-state index is 4.75. The van der Waals surface area contributed by atoms with E-state index in [0.717, 1.165) is 64.7 Å². The molecule has 9 nitrogen and oxygen atoms in total. The maximum Gasteiger partial charge on any atom is 0.185 e. The van der Waals surface area contributed by atoms with E-state index in [1.54, 1.807) is 17.5 Å². The van der Waals surface area contributed by atoms with Crippen molar-refractivity contribution in [3.05, 3.63) is 54.1 Å². The van der Waals surface area contributed by atoms with Gasteiger partial charge in [-0.1, -0.05) is 22.6 Å². The lowest BCUT2D eigenvalue weighted by Gasteiger charge is -2.30. The van der Waals surface area contributed by atoms with Crippen molar-refractivity contribution in [2.75, 3.05) is 23.3 Å². The summed E-state index contributed by atoms with van der Waals surface area (Å²) in [5.74, 6) is 2.60. The van der Waals surface area contributed by atoms with Gasteiger partial charge < -0.3 is 10.2 Å². The van der Waals surface area contributed by atoms with Crippen molar-refractivity contribution in [2.45, 2.75) is 25.7 Å². The van der Waals surface area contributed by atoms with E-state index < -0.39 is 0 Å². The summed E-state index contributed by atoms with van der Waals surface area (Å²) in [5.41, 5.74) is 2.04. The van der Waals surface area contributed by atoms with Crippen molar-refractivity contribution in [1.82, 2.24) is 35.6 Å². The molecule has 1 fully saturated rings. The topological polar surface area (TPSA) is 108 Å². The van der Waals surface area contributed by atoms with E-state index in [1.165, 1.54) is 0 Å². The van der Waals surface area contributed by atoms with E-state index >= 15 is 0 Å². The SMILES string of the molecule is Cc1ccnc(Nc2cccc(-c3cnc(N4CCC[C@@H](c5nn[nH]n5)C4)s3)n2)c1. The van der Waals surface area contributed by atoms with Gasteiger partial charge in [0.05, 0.1) is 10.6 Å². The van der Waals surface area contributed by atoms with Crippen molar-refractivity contribution in [3.8, 4) is 10.6 Å². The number of aryl methyl sites for hydroxylation is 1. The second-order valence-corrected chi connectivity index (χ2v) is 8.32. The Morgan fingerprint density at radius 2 is 2.17 bits per heavy atom. The first-order valence-corrected chi connectivity index (χ1v) is 10.7. The fourth-order valence-corrected chi connectivity index (χ4v) is 4.53. The Labute approximate surface area is 177 Å². The quantitative estimate of drug-likeness (QED) is 0.506. The lowest BCUT2D eigenvalue weighted by molar-refractivity contribution is 0.491. The lowest BCUT2D eigenvalue weighted by Crippen LogP contribution is -2.34. The van der Waals surface area contributed by atoms with Crippen molar-refractivity contribution in [3.63, 3.8) is 0 Å². The first kappa shape index (κ1) is 18.6. The number of thiazole rings is 1. The number of aromatic nitrogens is 7. The monoisotopic (exact) mass is 419 g/mol. The van der Waals surface area contributed by atoms with Crippen molar-refractivity contribution >= 4 is 28.1 Å². The first-order valence-electron chi connectivity index (χ1n) is 9.86. The lowest BCUT2D eigenvalue weighted by atomic mass is 9.98. The number of hydrogen-bond acceptors (Lipinski definition) is 9. The van der Waals surface area contributed by atoms with Crippen LogP contribution in [0.4, 0.5) is 16.8 Å². The highest BCUT2D eigenvalue weighted by Gasteiger charge is 2.26. The molecule has 5 rings (SSSR count). The van der Waals surface area contributed by atoms with Gasteiger partial charge in [0, 0.05) is 31.4 Å². The minimum absolute atomic E-state index is 0.275. The number of nitrogens with zero attached hydrogens (tertiary/aromatic N) is 7. The molecule has 0 saturated carbocycles. The molecule has 4 aromatic heterocycles. The second-order valence-electron chi connectivity index (χ2n) is 7.31. The normalized spacial score (nSPS) is 16.6. The fourth-order valence-electron chi connectivity index (χ4n) is 3.61. The molecular formula is C20H21N9S. The number of pyridine rings is 2. The van der Waals surface area contributed by atoms with Crippen LogP contribution in [0.3, 0.4) is 0 Å². The molecule has 1 aliphatic heterocycles. The molecule has 1 saturated heterocycles. The molecule has 2 N–H and O–H groups in total. The van der Waals surface area contributed by atoms with Crippen LogP contribution in [0, 0.1) is 6.92 Å². The highest BCUT2D eigenvalue weighted by Crippen LogP contribution is 2.34. The van der Waals surface area contributed by atoms with Crippen LogP contribution in [0.25, 0.3) is 10.6 Å². The number of tetrazole rings is 1. The van der Waals surface area contributed by atoms with Crippen LogP contribution in [-0.4, -0.2) is 48.7 Å². The maximum absolute atomic E-state index is 4.75. The zero-order valence-corrected chi connectivity index (χ0v) is 17.3. The zero-order valence-electron chi connectivity index (χ0n) is 16.5. The highest BCUT2D eigenvalue weighted by atomic mass is 32.1. The summed E-state index contributed by atoms with van der Waals surface area (Å²) >= 11 is 1.65. The van der Waals surface area contributed by atoms with Gasteiger partial charge in [-0.25, -0.2) is 15.0 Å². The van der Waals surface area contributed by atoms with Crippen LogP contribution in [0.5, 0.6) is 0 Å². The van der Waals surface area contributed by atoms with Gasteiger partial charge in [0.25, 0.3) is 0 Å². The van der Waals surface area contributed by atoms with Gasteiger partial charge >= 0.3 is 0 Å². The Morgan fingerprint density at radius 3 is 3.03 bits per heavy atom. The molecule has 1 atom stereocenters. The van der Waals surface area contributed by atoms with E-state index in [9.17, 15) is 0 Å². The smallest absolute Gasteiger partial charge is 0.185 e. The average molecular weight is 420 g/mol. The Hall–Kier alpha value is -3.40. The predicted octanol–water partition coefficient (Wildman–Crippen LogP) is 3.55. The molecule has 10 heteroatoms. The summed E-state index contributed by atoms with van der Waals surface area (Å²) in [6.07, 6.45) is 5.83. The Kier molecular flexibility index (Phi) is 5.06. The summed E-state index contributed by atoms with van der Waals surface area (Å²) in [4.78, 5) is 17.1. The minimum atomic E-state index is 0.275. The molecule has 0 radical (unpaired) electrons. The molecule has 0 aliphatic carbocycles. The fraction of sp³-hybridized carbons (Fsp3) is 0.300. The Bertz CT molecular complexity index is 1120. The molecule has 0 unspecified atom stereocenters. The van der Waals surface area contributed by atoms with E-state index in [0.29, 0.717) is 0 Å². The van der Waals surface area contributed by atoms with Crippen LogP contribution in [0.15, 0.2) is 42.7 Å². The van der Waals surface area contributed by atoms with Gasteiger partial charge in [-0.3, -0.25) is 0 Å². The van der Waals surface area contributed by atoms with Crippen LogP contribution < -0.4 is 10.2 Å². The number of hydrogen-bond donors (Lipinski definition) is 2. The average Bonchev–Trinajstić information content (AvgIpc) is 3.47. The van der Waals surface area contributed by atoms with Crippen LogP contribution >= 0.6 is 11.3 Å². The number of rotatable bonds is 5. The third kappa shape index (κ3) is 3.99. The van der Waals surface area contributed by atoms with Crippen molar-refractivity contribution in [2.24, 2.45) is 0 Å². The molecule has 5 heterocycles. The molecule has 0 amide bonds. The largest absolute Gasteiger partial charge is 0.347 e. The summed E-state index contributed by atoms with van der Waals surface area (Å²) in [5, 5.41) is 18.8. The van der Waals surface area contributed by atoms with E-state index in [4.69, 9.17) is 4.98 Å². The summed E-state index contributed by atoms with van der Waals surface area (Å²) in [6, 6.07) is 9.90. The van der Waals surface area contributed by atoms with Gasteiger partial charge in [-0.2, -0.15) is 5.21 Å². The molecule has 0 aromatic carbocycles. The molecule has 0 bridgehead atoms. The molecule has 30 heavy (non-hydrogen) atoms. The first-order chi connectivity index (χ1) is 14.7. The minimum Gasteiger partial charge on any atom is -0.347 e. The number of anilines is 3. The van der Waals surface area contributed by atoms with E-state index in [2.05, 4.69) is 40.8 Å². The molecular weight excluding hydrogens is 398 g/mol. The molecule has 152 valence electrons. The van der Waals surface area contributed by atoms with Crippen LogP contribution in [-0.2, 0) is 0 Å². The highest BCUT2D eigenvalue weighted by molar-refractivity contribution is 7.18. The zero-order chi connectivity index (χ0) is 20.3. The molecule has 1 aliphatic rings. The summed E-state index contributed by atoms with van der Waals surface area (Å²) in [6.45, 7) is 3.87. The van der Waals surface area contributed by atoms with E-state index in [1.807, 2.05) is 43.5 Å². The number of nitrogens with one attached hydrogen (secondary N) is 2. The van der Waals surface area contributed by atoms with Gasteiger partial charge in [-0.05, 0) is 49.6 Å². The number of piperidine rings is 1. The number of aromatic amines is 1. The van der Waals surface area contributed by atoms with Gasteiger partial charge in [0.2, 0.25) is 0 Å². The molecule has 4 aromatic rings.